The van der Waals surface area contributed by atoms with Crippen LogP contribution in [0.4, 0.5) is 0 Å². The van der Waals surface area contributed by atoms with E-state index in [-0.39, 0.29) is 24.3 Å². The molecular formula is C21H18ClN3O4S. The summed E-state index contributed by atoms with van der Waals surface area (Å²) in [5.74, 6) is -0.00717. The van der Waals surface area contributed by atoms with Crippen molar-refractivity contribution in [2.24, 2.45) is 0 Å². The minimum atomic E-state index is -1.05. The number of aliphatic hydroxyl groups is 1. The number of hydrogen-bond acceptors (Lipinski definition) is 5. The predicted molar refractivity (Wildman–Crippen MR) is 115 cm³/mol. The topological polar surface area (TPSA) is 98.8 Å². The highest BCUT2D eigenvalue weighted by molar-refractivity contribution is 7.80. The molecule has 0 aliphatic carbocycles. The highest BCUT2D eigenvalue weighted by Gasteiger charge is 2.41. The summed E-state index contributed by atoms with van der Waals surface area (Å²) < 4.78 is 6.12. The molecule has 1 aromatic carbocycles. The number of β-amino-alcohol motifs (C(OH)–C–C–N with tert-alkyl or cyclic N) is 1. The summed E-state index contributed by atoms with van der Waals surface area (Å²) in [7, 11) is 0. The first-order valence-corrected chi connectivity index (χ1v) is 10.00. The van der Waals surface area contributed by atoms with Crippen LogP contribution in [0.5, 0.6) is 0 Å². The first kappa shape index (κ1) is 20.3. The Balaban J connectivity index is 1.75. The number of thiocarbonyl (C=S) groups is 1. The lowest BCUT2D eigenvalue weighted by Crippen LogP contribution is -2.32. The summed E-state index contributed by atoms with van der Waals surface area (Å²) in [6.07, 6.45) is 1.70. The van der Waals surface area contributed by atoms with E-state index in [1.807, 2.05) is 23.1 Å². The Kier molecular flexibility index (Phi) is 5.72. The van der Waals surface area contributed by atoms with Gasteiger partial charge in [0.1, 0.15) is 17.6 Å². The minimum Gasteiger partial charge on any atom is -0.478 e. The molecule has 3 N–H and O–H groups in total. The van der Waals surface area contributed by atoms with Gasteiger partial charge in [0.05, 0.1) is 28.9 Å². The van der Waals surface area contributed by atoms with Crippen LogP contribution in [0.3, 0.4) is 0 Å². The third-order valence-electron chi connectivity index (χ3n) is 4.94. The summed E-state index contributed by atoms with van der Waals surface area (Å²) in [5, 5.41) is 22.9. The molecule has 0 bridgehead atoms. The number of pyridine rings is 1. The van der Waals surface area contributed by atoms with Gasteiger partial charge >= 0.3 is 5.97 Å². The van der Waals surface area contributed by atoms with E-state index in [0.717, 1.165) is 5.69 Å². The Bertz CT molecular complexity index is 1090. The number of carboxylic acids is 1. The van der Waals surface area contributed by atoms with Crippen LogP contribution in [0.2, 0.25) is 5.02 Å². The van der Waals surface area contributed by atoms with Gasteiger partial charge in [0, 0.05) is 18.3 Å². The first-order valence-electron chi connectivity index (χ1n) is 9.21. The number of hydrogen-bond donors (Lipinski definition) is 3. The lowest BCUT2D eigenvalue weighted by molar-refractivity contribution is 0.0697. The summed E-state index contributed by atoms with van der Waals surface area (Å²) in [5.41, 5.74) is 1.39. The molecule has 3 aromatic rings. The Morgan fingerprint density at radius 3 is 2.80 bits per heavy atom. The van der Waals surface area contributed by atoms with Gasteiger partial charge in [-0.2, -0.15) is 0 Å². The number of aromatic carboxylic acids is 1. The molecule has 30 heavy (non-hydrogen) atoms. The van der Waals surface area contributed by atoms with Crippen LogP contribution in [0, 0.1) is 0 Å². The fraction of sp³-hybridized carbons (Fsp3) is 0.190. The second kappa shape index (κ2) is 8.43. The molecule has 3 heterocycles. The number of halogens is 1. The molecule has 0 saturated carbocycles. The van der Waals surface area contributed by atoms with Crippen molar-refractivity contribution in [3.05, 3.63) is 76.8 Å². The van der Waals surface area contributed by atoms with Gasteiger partial charge in [-0.1, -0.05) is 17.7 Å². The van der Waals surface area contributed by atoms with Crippen molar-refractivity contribution in [1.82, 2.24) is 15.2 Å². The van der Waals surface area contributed by atoms with E-state index < -0.39 is 5.97 Å². The number of furan rings is 1. The molecule has 1 aliphatic heterocycles. The Morgan fingerprint density at radius 2 is 2.10 bits per heavy atom. The Labute approximate surface area is 182 Å². The highest BCUT2D eigenvalue weighted by Crippen LogP contribution is 2.41. The van der Waals surface area contributed by atoms with Gasteiger partial charge in [0.15, 0.2) is 5.11 Å². The quantitative estimate of drug-likeness (QED) is 0.496. The lowest BCUT2D eigenvalue weighted by atomic mass is 10.0. The van der Waals surface area contributed by atoms with Crippen molar-refractivity contribution in [3.63, 3.8) is 0 Å². The smallest absolute Gasteiger partial charge is 0.335 e. The molecule has 4 rings (SSSR count). The van der Waals surface area contributed by atoms with Crippen molar-refractivity contribution in [1.29, 1.82) is 0 Å². The summed E-state index contributed by atoms with van der Waals surface area (Å²) in [4.78, 5) is 17.6. The van der Waals surface area contributed by atoms with Gasteiger partial charge in [0.2, 0.25) is 0 Å². The normalized spacial score (nSPS) is 18.5. The number of carboxylic acid groups (broad SMARTS) is 1. The molecule has 0 unspecified atom stereocenters. The van der Waals surface area contributed by atoms with Crippen molar-refractivity contribution in [2.75, 3.05) is 13.2 Å². The zero-order valence-electron chi connectivity index (χ0n) is 15.7. The van der Waals surface area contributed by atoms with Crippen LogP contribution in [0.15, 0.2) is 59.1 Å². The molecule has 1 fully saturated rings. The number of nitrogens with one attached hydrogen (secondary N) is 1. The fourth-order valence-electron chi connectivity index (χ4n) is 3.57. The number of carbonyl (C=O) groups is 1. The van der Waals surface area contributed by atoms with Crippen molar-refractivity contribution in [3.8, 4) is 11.3 Å². The standard InChI is InChI=1S/C21H18ClN3O4S/c22-14-5-4-12(20(27)28)11-13(14)16-6-7-17(29-16)19-18(15-3-1-2-8-23-15)24-21(30)25(19)9-10-26/h1-8,11,18-19,26H,9-10H2,(H,24,30)(H,27,28)/t18-,19+/m1/s1. The van der Waals surface area contributed by atoms with E-state index in [0.29, 0.717) is 33.8 Å². The van der Waals surface area contributed by atoms with Gasteiger partial charge in [0.25, 0.3) is 0 Å². The second-order valence-electron chi connectivity index (χ2n) is 6.75. The largest absolute Gasteiger partial charge is 0.478 e. The molecule has 7 nitrogen and oxygen atoms in total. The van der Waals surface area contributed by atoms with Gasteiger partial charge in [-0.15, -0.1) is 0 Å². The Hall–Kier alpha value is -2.94. The van der Waals surface area contributed by atoms with Crippen LogP contribution >= 0.6 is 23.8 Å². The highest BCUT2D eigenvalue weighted by atomic mass is 35.5. The maximum atomic E-state index is 11.3. The van der Waals surface area contributed by atoms with Crippen LogP contribution in [0.1, 0.15) is 33.9 Å². The van der Waals surface area contributed by atoms with Gasteiger partial charge in [-0.25, -0.2) is 4.79 Å². The fourth-order valence-corrected chi connectivity index (χ4v) is 4.11. The minimum absolute atomic E-state index is 0.0761. The van der Waals surface area contributed by atoms with E-state index in [1.165, 1.54) is 18.2 Å². The predicted octanol–water partition coefficient (Wildman–Crippen LogP) is 3.66. The molecule has 9 heteroatoms. The number of rotatable bonds is 6. The van der Waals surface area contributed by atoms with Crippen LogP contribution < -0.4 is 5.32 Å². The van der Waals surface area contributed by atoms with E-state index >= 15 is 0 Å². The van der Waals surface area contributed by atoms with Crippen molar-refractivity contribution >= 4 is 34.9 Å². The Morgan fingerprint density at radius 1 is 1.27 bits per heavy atom. The SMILES string of the molecule is O=C(O)c1ccc(Cl)c(-c2ccc([C@H]3[C@@H](c4ccccn4)NC(=S)N3CCO)o2)c1. The average Bonchev–Trinajstić information content (AvgIpc) is 3.34. The zero-order chi connectivity index (χ0) is 21.3. The van der Waals surface area contributed by atoms with Gasteiger partial charge in [-0.05, 0) is 54.7 Å². The molecule has 154 valence electrons. The third-order valence-corrected chi connectivity index (χ3v) is 5.62. The molecule has 1 saturated heterocycles. The first-order chi connectivity index (χ1) is 14.5. The van der Waals surface area contributed by atoms with Crippen molar-refractivity contribution < 1.29 is 19.4 Å². The van der Waals surface area contributed by atoms with Crippen LogP contribution in [-0.4, -0.2) is 44.3 Å². The number of aromatic nitrogens is 1. The van der Waals surface area contributed by atoms with E-state index in [2.05, 4.69) is 10.3 Å². The molecule has 2 atom stereocenters. The third kappa shape index (κ3) is 3.77. The maximum absolute atomic E-state index is 11.3. The number of nitrogens with zero attached hydrogens (tertiary/aromatic N) is 2. The molecule has 0 amide bonds. The number of benzene rings is 1. The zero-order valence-corrected chi connectivity index (χ0v) is 17.2. The van der Waals surface area contributed by atoms with Gasteiger partial charge in [-0.3, -0.25) is 4.98 Å². The summed E-state index contributed by atoms with van der Waals surface area (Å²) >= 11 is 11.8. The average molecular weight is 444 g/mol. The molecule has 0 spiro atoms. The monoisotopic (exact) mass is 443 g/mol. The molecular weight excluding hydrogens is 426 g/mol. The van der Waals surface area contributed by atoms with Crippen LogP contribution in [0.25, 0.3) is 11.3 Å². The summed E-state index contributed by atoms with van der Waals surface area (Å²) in [6.45, 7) is 0.248. The second-order valence-corrected chi connectivity index (χ2v) is 7.54. The molecule has 1 aliphatic rings. The van der Waals surface area contributed by atoms with Crippen LogP contribution in [-0.2, 0) is 0 Å². The van der Waals surface area contributed by atoms with Crippen molar-refractivity contribution in [2.45, 2.75) is 12.1 Å². The summed E-state index contributed by atoms with van der Waals surface area (Å²) in [6, 6.07) is 13.0. The van der Waals surface area contributed by atoms with E-state index in [9.17, 15) is 15.0 Å². The molecule has 2 aromatic heterocycles. The lowest BCUT2D eigenvalue weighted by Gasteiger charge is -2.25. The van der Waals surface area contributed by atoms with Gasteiger partial charge < -0.3 is 24.8 Å². The maximum Gasteiger partial charge on any atom is 0.335 e. The van der Waals surface area contributed by atoms with E-state index in [4.69, 9.17) is 28.2 Å². The number of aliphatic hydroxyl groups excluding tert-OH is 1. The molecule has 0 radical (unpaired) electrons. The van der Waals surface area contributed by atoms with E-state index in [1.54, 1.807) is 18.3 Å².